The molecule has 4 heteroatoms. The zero-order chi connectivity index (χ0) is 12.7. The fourth-order valence-corrected chi connectivity index (χ4v) is 3.31. The summed E-state index contributed by atoms with van der Waals surface area (Å²) in [7, 11) is 0. The van der Waals surface area contributed by atoms with Gasteiger partial charge in [-0.3, -0.25) is 4.90 Å². The standard InChI is InChI=1S/C14H16FNO2/c15-13-10(2-1-3-12(13)14(17)18)8-16-7-9-4-5-11(16)6-9/h1-3,9,11H,4-8H2,(H,17,18). The van der Waals surface area contributed by atoms with Crippen LogP contribution in [0.15, 0.2) is 18.2 Å². The minimum absolute atomic E-state index is 0.225. The minimum atomic E-state index is -1.20. The third kappa shape index (κ3) is 1.90. The summed E-state index contributed by atoms with van der Waals surface area (Å²) in [4.78, 5) is 13.2. The Kier molecular flexibility index (Phi) is 2.82. The average Bonchev–Trinajstić information content (AvgIpc) is 2.93. The molecule has 18 heavy (non-hydrogen) atoms. The van der Waals surface area contributed by atoms with Gasteiger partial charge in [-0.2, -0.15) is 0 Å². The lowest BCUT2D eigenvalue weighted by molar-refractivity contribution is 0.0691. The quantitative estimate of drug-likeness (QED) is 0.894. The van der Waals surface area contributed by atoms with E-state index in [1.165, 1.54) is 25.3 Å². The number of likely N-dealkylation sites (tertiary alicyclic amines) is 1. The highest BCUT2D eigenvalue weighted by Gasteiger charge is 2.37. The first-order valence-electron chi connectivity index (χ1n) is 6.40. The summed E-state index contributed by atoms with van der Waals surface area (Å²) < 4.78 is 14.0. The van der Waals surface area contributed by atoms with Gasteiger partial charge in [0, 0.05) is 24.7 Å². The summed E-state index contributed by atoms with van der Waals surface area (Å²) in [5.74, 6) is -1.01. The highest BCUT2D eigenvalue weighted by atomic mass is 19.1. The predicted molar refractivity (Wildman–Crippen MR) is 64.9 cm³/mol. The van der Waals surface area contributed by atoms with E-state index in [-0.39, 0.29) is 5.56 Å². The van der Waals surface area contributed by atoms with Crippen molar-refractivity contribution >= 4 is 5.97 Å². The number of piperidine rings is 1. The van der Waals surface area contributed by atoms with Gasteiger partial charge in [-0.15, -0.1) is 0 Å². The highest BCUT2D eigenvalue weighted by molar-refractivity contribution is 5.88. The van der Waals surface area contributed by atoms with Crippen LogP contribution in [0.3, 0.4) is 0 Å². The van der Waals surface area contributed by atoms with Gasteiger partial charge < -0.3 is 5.11 Å². The van der Waals surface area contributed by atoms with Gasteiger partial charge >= 0.3 is 5.97 Å². The van der Waals surface area contributed by atoms with E-state index in [0.717, 1.165) is 12.5 Å². The SMILES string of the molecule is O=C(O)c1cccc(CN2CC3CCC2C3)c1F. The van der Waals surface area contributed by atoms with Crippen LogP contribution in [-0.2, 0) is 6.54 Å². The molecule has 0 amide bonds. The second kappa shape index (κ2) is 4.35. The highest BCUT2D eigenvalue weighted by Crippen LogP contribution is 2.38. The van der Waals surface area contributed by atoms with Crippen LogP contribution >= 0.6 is 0 Å². The second-order valence-corrected chi connectivity index (χ2v) is 5.35. The molecule has 1 N–H and O–H groups in total. The molecule has 1 saturated heterocycles. The molecule has 1 aliphatic heterocycles. The van der Waals surface area contributed by atoms with E-state index in [2.05, 4.69) is 4.90 Å². The molecule has 3 rings (SSSR count). The predicted octanol–water partition coefficient (Wildman–Crippen LogP) is 2.51. The monoisotopic (exact) mass is 249 g/mol. The molecule has 2 atom stereocenters. The Morgan fingerprint density at radius 2 is 2.28 bits per heavy atom. The molecular formula is C14H16FNO2. The normalized spacial score (nSPS) is 26.7. The molecule has 2 aliphatic rings. The summed E-state index contributed by atoms with van der Waals surface area (Å²) >= 11 is 0. The zero-order valence-corrected chi connectivity index (χ0v) is 10.1. The number of aromatic carboxylic acids is 1. The number of nitrogens with zero attached hydrogens (tertiary/aromatic N) is 1. The molecule has 2 fully saturated rings. The second-order valence-electron chi connectivity index (χ2n) is 5.35. The van der Waals surface area contributed by atoms with Crippen LogP contribution in [0.25, 0.3) is 0 Å². The van der Waals surface area contributed by atoms with Gasteiger partial charge in [0.25, 0.3) is 0 Å². The van der Waals surface area contributed by atoms with Crippen molar-refractivity contribution < 1.29 is 14.3 Å². The molecule has 0 aromatic heterocycles. The van der Waals surface area contributed by atoms with Crippen LogP contribution < -0.4 is 0 Å². The number of benzene rings is 1. The van der Waals surface area contributed by atoms with E-state index >= 15 is 0 Å². The number of carboxylic acids is 1. The van der Waals surface area contributed by atoms with E-state index < -0.39 is 11.8 Å². The van der Waals surface area contributed by atoms with Gasteiger partial charge in [-0.1, -0.05) is 12.1 Å². The summed E-state index contributed by atoms with van der Waals surface area (Å²) in [5.41, 5.74) is 0.277. The summed E-state index contributed by atoms with van der Waals surface area (Å²) in [6.45, 7) is 1.57. The largest absolute Gasteiger partial charge is 0.478 e. The Labute approximate surface area is 105 Å². The summed E-state index contributed by atoms with van der Waals surface area (Å²) in [6.07, 6.45) is 3.71. The zero-order valence-electron chi connectivity index (χ0n) is 10.1. The molecule has 96 valence electrons. The maximum absolute atomic E-state index is 14.0. The van der Waals surface area contributed by atoms with E-state index in [9.17, 15) is 9.18 Å². The van der Waals surface area contributed by atoms with Crippen LogP contribution in [0.5, 0.6) is 0 Å². The number of rotatable bonds is 3. The fourth-order valence-electron chi connectivity index (χ4n) is 3.31. The molecule has 0 spiro atoms. The van der Waals surface area contributed by atoms with Crippen molar-refractivity contribution in [2.75, 3.05) is 6.54 Å². The van der Waals surface area contributed by atoms with Crippen LogP contribution in [0.2, 0.25) is 0 Å². The minimum Gasteiger partial charge on any atom is -0.478 e. The maximum Gasteiger partial charge on any atom is 0.338 e. The molecule has 1 aromatic carbocycles. The van der Waals surface area contributed by atoms with Gasteiger partial charge in [0.15, 0.2) is 0 Å². The van der Waals surface area contributed by atoms with Crippen LogP contribution in [0.4, 0.5) is 4.39 Å². The molecular weight excluding hydrogens is 233 g/mol. The van der Waals surface area contributed by atoms with Crippen molar-refractivity contribution in [1.82, 2.24) is 4.90 Å². The van der Waals surface area contributed by atoms with Gasteiger partial charge in [-0.05, 0) is 31.2 Å². The van der Waals surface area contributed by atoms with E-state index in [1.54, 1.807) is 12.1 Å². The molecule has 0 radical (unpaired) electrons. The Morgan fingerprint density at radius 3 is 2.89 bits per heavy atom. The Hall–Kier alpha value is -1.42. The Balaban J connectivity index is 1.81. The van der Waals surface area contributed by atoms with Crippen molar-refractivity contribution in [2.24, 2.45) is 5.92 Å². The molecule has 2 bridgehead atoms. The number of hydrogen-bond donors (Lipinski definition) is 1. The third-order valence-electron chi connectivity index (χ3n) is 4.21. The van der Waals surface area contributed by atoms with Crippen LogP contribution in [-0.4, -0.2) is 28.6 Å². The van der Waals surface area contributed by atoms with Crippen LogP contribution in [0.1, 0.15) is 35.2 Å². The van der Waals surface area contributed by atoms with Gasteiger partial charge in [0.1, 0.15) is 5.82 Å². The molecule has 1 saturated carbocycles. The lowest BCUT2D eigenvalue weighted by Crippen LogP contribution is -2.31. The third-order valence-corrected chi connectivity index (χ3v) is 4.21. The molecule has 1 aromatic rings. The van der Waals surface area contributed by atoms with Crippen molar-refractivity contribution in [3.8, 4) is 0 Å². The Bertz CT molecular complexity index is 489. The smallest absolute Gasteiger partial charge is 0.338 e. The number of carboxylic acid groups (broad SMARTS) is 1. The molecule has 1 aliphatic carbocycles. The lowest BCUT2D eigenvalue weighted by Gasteiger charge is -2.26. The summed E-state index contributed by atoms with van der Waals surface area (Å²) in [6, 6.07) is 5.20. The van der Waals surface area contributed by atoms with Crippen molar-refractivity contribution in [1.29, 1.82) is 0 Å². The number of halogens is 1. The average molecular weight is 249 g/mol. The summed E-state index contributed by atoms with van der Waals surface area (Å²) in [5, 5.41) is 8.90. The number of fused-ring (bicyclic) bond motifs is 2. The van der Waals surface area contributed by atoms with Crippen molar-refractivity contribution in [3.05, 3.63) is 35.1 Å². The fraction of sp³-hybridized carbons (Fsp3) is 0.500. The van der Waals surface area contributed by atoms with E-state index in [1.807, 2.05) is 0 Å². The maximum atomic E-state index is 14.0. The molecule has 3 nitrogen and oxygen atoms in total. The Morgan fingerprint density at radius 1 is 1.44 bits per heavy atom. The first-order chi connectivity index (χ1) is 8.65. The van der Waals surface area contributed by atoms with E-state index in [0.29, 0.717) is 18.2 Å². The van der Waals surface area contributed by atoms with Gasteiger partial charge in [-0.25, -0.2) is 9.18 Å². The van der Waals surface area contributed by atoms with Gasteiger partial charge in [0.2, 0.25) is 0 Å². The van der Waals surface area contributed by atoms with Gasteiger partial charge in [0.05, 0.1) is 5.56 Å². The lowest BCUT2D eigenvalue weighted by atomic mass is 10.1. The van der Waals surface area contributed by atoms with Crippen molar-refractivity contribution in [3.63, 3.8) is 0 Å². The van der Waals surface area contributed by atoms with Crippen LogP contribution in [0, 0.1) is 11.7 Å². The molecule has 1 heterocycles. The van der Waals surface area contributed by atoms with E-state index in [4.69, 9.17) is 5.11 Å². The topological polar surface area (TPSA) is 40.5 Å². The first-order valence-corrected chi connectivity index (χ1v) is 6.40. The molecule has 2 unspecified atom stereocenters. The first kappa shape index (κ1) is 11.7. The van der Waals surface area contributed by atoms with Crippen molar-refractivity contribution in [2.45, 2.75) is 31.8 Å². The number of hydrogen-bond acceptors (Lipinski definition) is 2. The number of carbonyl (C=O) groups is 1.